The summed E-state index contributed by atoms with van der Waals surface area (Å²) in [7, 11) is 0. The molecule has 0 bridgehead atoms. The Hall–Kier alpha value is -2.31. The van der Waals surface area contributed by atoms with Gasteiger partial charge >= 0.3 is 6.09 Å². The third-order valence-corrected chi connectivity index (χ3v) is 3.26. The molecule has 1 unspecified atom stereocenters. The van der Waals surface area contributed by atoms with Crippen LogP contribution in [0.1, 0.15) is 12.0 Å². The average Bonchev–Trinajstić information content (AvgIpc) is 2.75. The Morgan fingerprint density at radius 3 is 2.89 bits per heavy atom. The van der Waals surface area contributed by atoms with Crippen molar-refractivity contribution in [2.24, 2.45) is 0 Å². The quantitative estimate of drug-likeness (QED) is 0.641. The molecule has 0 saturated carbocycles. The Balaban J connectivity index is 2.09. The number of rotatable bonds is 3. The molecule has 1 amide bonds. The number of hydrogen-bond donors (Lipinski definition) is 2. The second-order valence-corrected chi connectivity index (χ2v) is 4.61. The maximum atomic E-state index is 10.7. The summed E-state index contributed by atoms with van der Waals surface area (Å²) in [5.74, 6) is 0. The van der Waals surface area contributed by atoms with E-state index in [1.807, 2.05) is 4.90 Å². The number of benzene rings is 1. The van der Waals surface area contributed by atoms with Crippen LogP contribution in [0.3, 0.4) is 0 Å². The number of nitrogens with zero attached hydrogens (tertiary/aromatic N) is 2. The molecule has 1 aromatic carbocycles. The second kappa shape index (κ2) is 5.13. The topological polar surface area (TPSA) is 95.7 Å². The highest BCUT2D eigenvalue weighted by molar-refractivity contribution is 5.65. The van der Waals surface area contributed by atoms with Gasteiger partial charge in [0.25, 0.3) is 5.69 Å². The van der Waals surface area contributed by atoms with E-state index in [0.717, 1.165) is 18.7 Å². The average molecular weight is 265 g/mol. The molecule has 7 heteroatoms. The Labute approximate surface area is 110 Å². The van der Waals surface area contributed by atoms with Gasteiger partial charge in [-0.2, -0.15) is 0 Å². The van der Waals surface area contributed by atoms with E-state index >= 15 is 0 Å². The number of carbonyl (C=O) groups is 1. The van der Waals surface area contributed by atoms with E-state index in [9.17, 15) is 14.9 Å². The number of hydrogen-bond acceptors (Lipinski definition) is 4. The van der Waals surface area contributed by atoms with Gasteiger partial charge in [0.05, 0.1) is 11.0 Å². The predicted molar refractivity (Wildman–Crippen MR) is 69.6 cm³/mol. The highest BCUT2D eigenvalue weighted by atomic mass is 16.6. The lowest BCUT2D eigenvalue weighted by Gasteiger charge is -2.19. The largest absolute Gasteiger partial charge is 0.465 e. The first kappa shape index (κ1) is 13.1. The SMILES string of the molecule is Cc1cc(N2CCC(NC(=O)O)C2)ccc1[N+](=O)[O-]. The summed E-state index contributed by atoms with van der Waals surface area (Å²) in [5.41, 5.74) is 1.60. The molecule has 1 heterocycles. The van der Waals surface area contributed by atoms with E-state index < -0.39 is 11.0 Å². The van der Waals surface area contributed by atoms with Gasteiger partial charge in [-0.1, -0.05) is 0 Å². The lowest BCUT2D eigenvalue weighted by Crippen LogP contribution is -2.36. The van der Waals surface area contributed by atoms with Gasteiger partial charge in [0.1, 0.15) is 0 Å². The molecular formula is C12H15N3O4. The van der Waals surface area contributed by atoms with Crippen LogP contribution in [0.2, 0.25) is 0 Å². The lowest BCUT2D eigenvalue weighted by molar-refractivity contribution is -0.385. The molecule has 1 fully saturated rings. The predicted octanol–water partition coefficient (Wildman–Crippen LogP) is 1.75. The molecule has 7 nitrogen and oxygen atoms in total. The molecule has 1 atom stereocenters. The number of amides is 1. The van der Waals surface area contributed by atoms with Crippen molar-refractivity contribution in [3.63, 3.8) is 0 Å². The molecule has 19 heavy (non-hydrogen) atoms. The van der Waals surface area contributed by atoms with Crippen molar-refractivity contribution in [2.45, 2.75) is 19.4 Å². The van der Waals surface area contributed by atoms with Crippen LogP contribution in [0.5, 0.6) is 0 Å². The number of aryl methyl sites for hydroxylation is 1. The minimum atomic E-state index is -1.02. The molecule has 102 valence electrons. The summed E-state index contributed by atoms with van der Waals surface area (Å²) in [6.07, 6.45) is -0.283. The fourth-order valence-corrected chi connectivity index (χ4v) is 2.33. The van der Waals surface area contributed by atoms with E-state index in [1.54, 1.807) is 19.1 Å². The Morgan fingerprint density at radius 1 is 1.58 bits per heavy atom. The molecule has 1 aliphatic heterocycles. The van der Waals surface area contributed by atoms with Gasteiger partial charge in [-0.3, -0.25) is 10.1 Å². The zero-order valence-electron chi connectivity index (χ0n) is 10.5. The maximum absolute atomic E-state index is 10.7. The standard InChI is InChI=1S/C12H15N3O4/c1-8-6-10(2-3-11(8)15(18)19)14-5-4-9(7-14)13-12(16)17/h2-3,6,9,13H,4-5,7H2,1H3,(H,16,17). The van der Waals surface area contributed by atoms with Crippen molar-refractivity contribution < 1.29 is 14.8 Å². The normalized spacial score (nSPS) is 18.4. The zero-order valence-corrected chi connectivity index (χ0v) is 10.5. The third kappa shape index (κ3) is 2.93. The number of anilines is 1. The van der Waals surface area contributed by atoms with Crippen LogP contribution in [-0.2, 0) is 0 Å². The Morgan fingerprint density at radius 2 is 2.32 bits per heavy atom. The van der Waals surface area contributed by atoms with Crippen molar-refractivity contribution in [3.8, 4) is 0 Å². The molecule has 1 saturated heterocycles. The number of carboxylic acid groups (broad SMARTS) is 1. The van der Waals surface area contributed by atoms with Crippen molar-refractivity contribution in [1.29, 1.82) is 0 Å². The molecular weight excluding hydrogens is 250 g/mol. The van der Waals surface area contributed by atoms with Crippen LogP contribution in [0.25, 0.3) is 0 Å². The third-order valence-electron chi connectivity index (χ3n) is 3.26. The summed E-state index contributed by atoms with van der Waals surface area (Å²) >= 11 is 0. The van der Waals surface area contributed by atoms with Crippen molar-refractivity contribution in [3.05, 3.63) is 33.9 Å². The summed E-state index contributed by atoms with van der Waals surface area (Å²) in [6.45, 7) is 3.02. The first-order chi connectivity index (χ1) is 8.97. The van der Waals surface area contributed by atoms with Gasteiger partial charge in [-0.25, -0.2) is 4.79 Å². The minimum Gasteiger partial charge on any atom is -0.465 e. The van der Waals surface area contributed by atoms with Crippen molar-refractivity contribution in [2.75, 3.05) is 18.0 Å². The summed E-state index contributed by atoms with van der Waals surface area (Å²) in [6, 6.07) is 4.87. The first-order valence-electron chi connectivity index (χ1n) is 5.97. The van der Waals surface area contributed by atoms with E-state index in [1.165, 1.54) is 6.07 Å². The first-order valence-corrected chi connectivity index (χ1v) is 5.97. The van der Waals surface area contributed by atoms with Crippen LogP contribution in [0, 0.1) is 17.0 Å². The Bertz CT molecular complexity index is 518. The van der Waals surface area contributed by atoms with Gasteiger partial charge in [0.2, 0.25) is 0 Å². The molecule has 0 spiro atoms. The molecule has 2 rings (SSSR count). The van der Waals surface area contributed by atoms with Crippen LogP contribution in [0.15, 0.2) is 18.2 Å². The minimum absolute atomic E-state index is 0.0898. The molecule has 1 aliphatic rings. The smallest absolute Gasteiger partial charge is 0.404 e. The highest BCUT2D eigenvalue weighted by Crippen LogP contribution is 2.26. The maximum Gasteiger partial charge on any atom is 0.404 e. The molecule has 0 radical (unpaired) electrons. The number of nitrogens with one attached hydrogen (secondary N) is 1. The van der Waals surface area contributed by atoms with E-state index in [4.69, 9.17) is 5.11 Å². The van der Waals surface area contributed by atoms with Gasteiger partial charge in [-0.15, -0.1) is 0 Å². The van der Waals surface area contributed by atoms with Crippen LogP contribution in [0.4, 0.5) is 16.2 Å². The van der Waals surface area contributed by atoms with Gasteiger partial charge < -0.3 is 15.3 Å². The second-order valence-electron chi connectivity index (χ2n) is 4.61. The number of nitro benzene ring substituents is 1. The summed E-state index contributed by atoms with van der Waals surface area (Å²) in [5, 5.41) is 21.9. The molecule has 0 aromatic heterocycles. The van der Waals surface area contributed by atoms with Crippen molar-refractivity contribution >= 4 is 17.5 Å². The fourth-order valence-electron chi connectivity index (χ4n) is 2.33. The van der Waals surface area contributed by atoms with Gasteiger partial charge in [0.15, 0.2) is 0 Å². The van der Waals surface area contributed by atoms with E-state index in [0.29, 0.717) is 12.1 Å². The zero-order chi connectivity index (χ0) is 14.0. The van der Waals surface area contributed by atoms with Gasteiger partial charge in [-0.05, 0) is 25.5 Å². The molecule has 0 aliphatic carbocycles. The van der Waals surface area contributed by atoms with Crippen LogP contribution in [-0.4, -0.2) is 35.3 Å². The van der Waals surface area contributed by atoms with Crippen LogP contribution >= 0.6 is 0 Å². The fraction of sp³-hybridized carbons (Fsp3) is 0.417. The summed E-state index contributed by atoms with van der Waals surface area (Å²) in [4.78, 5) is 22.9. The van der Waals surface area contributed by atoms with Gasteiger partial charge in [0, 0.05) is 30.4 Å². The van der Waals surface area contributed by atoms with E-state index in [-0.39, 0.29) is 11.7 Å². The molecule has 2 N–H and O–H groups in total. The van der Waals surface area contributed by atoms with E-state index in [2.05, 4.69) is 5.32 Å². The Kier molecular flexibility index (Phi) is 3.55. The lowest BCUT2D eigenvalue weighted by atomic mass is 10.1. The monoisotopic (exact) mass is 265 g/mol. The van der Waals surface area contributed by atoms with Crippen LogP contribution < -0.4 is 10.2 Å². The number of nitro groups is 1. The van der Waals surface area contributed by atoms with Crippen molar-refractivity contribution in [1.82, 2.24) is 5.32 Å². The summed E-state index contributed by atoms with van der Waals surface area (Å²) < 4.78 is 0. The molecule has 1 aromatic rings. The highest BCUT2D eigenvalue weighted by Gasteiger charge is 2.24.